The molecule has 4 heteroatoms. The predicted molar refractivity (Wildman–Crippen MR) is 73.4 cm³/mol. The van der Waals surface area contributed by atoms with Crippen molar-refractivity contribution < 1.29 is 8.78 Å². The summed E-state index contributed by atoms with van der Waals surface area (Å²) >= 11 is 6.10. The molecule has 0 spiro atoms. The molecule has 1 nitrogen and oxygen atoms in total. The van der Waals surface area contributed by atoms with Crippen molar-refractivity contribution in [1.82, 2.24) is 5.32 Å². The van der Waals surface area contributed by atoms with Gasteiger partial charge in [0.1, 0.15) is 11.6 Å². The van der Waals surface area contributed by atoms with Crippen molar-refractivity contribution >= 4 is 11.6 Å². The minimum Gasteiger partial charge on any atom is -0.309 e. The zero-order valence-electron chi connectivity index (χ0n) is 10.7. The second kappa shape index (κ2) is 5.68. The number of hydrogen-bond donors (Lipinski definition) is 1. The number of aryl methyl sites for hydroxylation is 1. The Morgan fingerprint density at radius 2 is 1.79 bits per heavy atom. The van der Waals surface area contributed by atoms with E-state index in [9.17, 15) is 8.78 Å². The van der Waals surface area contributed by atoms with Crippen molar-refractivity contribution in [2.24, 2.45) is 0 Å². The molecule has 0 aliphatic rings. The molecule has 0 fully saturated rings. The Hall–Kier alpha value is -1.45. The molecular weight excluding hydrogens is 268 g/mol. The van der Waals surface area contributed by atoms with Gasteiger partial charge in [-0.1, -0.05) is 17.7 Å². The van der Waals surface area contributed by atoms with E-state index in [0.717, 1.165) is 5.56 Å². The molecule has 0 aromatic heterocycles. The van der Waals surface area contributed by atoms with Gasteiger partial charge in [-0.25, -0.2) is 8.78 Å². The quantitative estimate of drug-likeness (QED) is 0.887. The molecule has 2 aromatic carbocycles. The summed E-state index contributed by atoms with van der Waals surface area (Å²) in [6, 6.07) is 8.55. The number of nitrogens with one attached hydrogen (secondary N) is 1. The van der Waals surface area contributed by atoms with Crippen LogP contribution in [0.15, 0.2) is 36.4 Å². The summed E-state index contributed by atoms with van der Waals surface area (Å²) in [5.41, 5.74) is 2.12. The second-order valence-corrected chi connectivity index (χ2v) is 4.86. The first-order valence-corrected chi connectivity index (χ1v) is 6.28. The highest BCUT2D eigenvalue weighted by molar-refractivity contribution is 6.31. The van der Waals surface area contributed by atoms with Gasteiger partial charge < -0.3 is 5.32 Å². The van der Waals surface area contributed by atoms with E-state index in [1.165, 1.54) is 30.3 Å². The monoisotopic (exact) mass is 281 g/mol. The van der Waals surface area contributed by atoms with E-state index in [0.29, 0.717) is 16.1 Å². The number of halogens is 3. The third-order valence-electron chi connectivity index (χ3n) is 2.96. The van der Waals surface area contributed by atoms with Crippen molar-refractivity contribution in [2.45, 2.75) is 13.0 Å². The normalized spacial score (nSPS) is 12.5. The summed E-state index contributed by atoms with van der Waals surface area (Å²) in [6.45, 7) is 1.81. The molecule has 0 saturated carbocycles. The molecule has 2 rings (SSSR count). The fraction of sp³-hybridized carbons (Fsp3) is 0.200. The maximum atomic E-state index is 13.5. The average Bonchev–Trinajstić information content (AvgIpc) is 2.33. The van der Waals surface area contributed by atoms with Gasteiger partial charge in [0.15, 0.2) is 0 Å². The van der Waals surface area contributed by atoms with Crippen LogP contribution in [0.4, 0.5) is 8.78 Å². The molecule has 19 heavy (non-hydrogen) atoms. The van der Waals surface area contributed by atoms with Crippen LogP contribution in [0.3, 0.4) is 0 Å². The Morgan fingerprint density at radius 1 is 1.05 bits per heavy atom. The first-order valence-electron chi connectivity index (χ1n) is 5.90. The smallest absolute Gasteiger partial charge is 0.123 e. The molecule has 1 N–H and O–H groups in total. The minimum absolute atomic E-state index is 0.317. The van der Waals surface area contributed by atoms with Crippen LogP contribution >= 0.6 is 11.6 Å². The maximum Gasteiger partial charge on any atom is 0.123 e. The van der Waals surface area contributed by atoms with Gasteiger partial charge in [-0.2, -0.15) is 0 Å². The van der Waals surface area contributed by atoms with Crippen LogP contribution in [0.25, 0.3) is 0 Å². The zero-order valence-corrected chi connectivity index (χ0v) is 11.4. The molecule has 0 bridgehead atoms. The maximum absolute atomic E-state index is 13.5. The summed E-state index contributed by atoms with van der Waals surface area (Å²) in [7, 11) is 1.73. The van der Waals surface area contributed by atoms with E-state index >= 15 is 0 Å². The van der Waals surface area contributed by atoms with Gasteiger partial charge in [0.05, 0.1) is 6.04 Å². The molecule has 100 valence electrons. The lowest BCUT2D eigenvalue weighted by Crippen LogP contribution is -2.18. The second-order valence-electron chi connectivity index (χ2n) is 4.45. The molecular formula is C15H14ClF2N. The van der Waals surface area contributed by atoms with Crippen LogP contribution in [0.2, 0.25) is 5.02 Å². The van der Waals surface area contributed by atoms with Crippen molar-refractivity contribution in [3.8, 4) is 0 Å². The molecule has 0 heterocycles. The van der Waals surface area contributed by atoms with Gasteiger partial charge in [-0.15, -0.1) is 0 Å². The van der Waals surface area contributed by atoms with Crippen LogP contribution in [-0.4, -0.2) is 7.05 Å². The largest absolute Gasteiger partial charge is 0.309 e. The van der Waals surface area contributed by atoms with Crippen molar-refractivity contribution in [2.75, 3.05) is 7.05 Å². The standard InChI is InChI=1S/C15H14ClF2N/c1-9-5-10(7-12(18)6-9)15(19-2)13-8-11(17)3-4-14(13)16/h3-8,15,19H,1-2H3. The number of hydrogen-bond acceptors (Lipinski definition) is 1. The van der Waals surface area contributed by atoms with Gasteiger partial charge in [-0.05, 0) is 61.0 Å². The Bertz CT molecular complexity index is 578. The lowest BCUT2D eigenvalue weighted by molar-refractivity contribution is 0.607. The SMILES string of the molecule is CNC(c1cc(C)cc(F)c1)c1cc(F)ccc1Cl. The predicted octanol–water partition coefficient (Wildman–Crippen LogP) is 4.24. The fourth-order valence-electron chi connectivity index (χ4n) is 2.17. The van der Waals surface area contributed by atoms with Crippen LogP contribution < -0.4 is 5.32 Å². The summed E-state index contributed by atoms with van der Waals surface area (Å²) < 4.78 is 26.8. The van der Waals surface area contributed by atoms with E-state index in [-0.39, 0.29) is 17.7 Å². The third kappa shape index (κ3) is 3.11. The van der Waals surface area contributed by atoms with E-state index in [4.69, 9.17) is 11.6 Å². The molecule has 2 aromatic rings. The molecule has 0 radical (unpaired) electrons. The van der Waals surface area contributed by atoms with Gasteiger partial charge >= 0.3 is 0 Å². The van der Waals surface area contributed by atoms with Crippen molar-refractivity contribution in [1.29, 1.82) is 0 Å². The Kier molecular flexibility index (Phi) is 4.17. The highest BCUT2D eigenvalue weighted by Gasteiger charge is 2.17. The van der Waals surface area contributed by atoms with Crippen molar-refractivity contribution in [3.05, 3.63) is 69.7 Å². The van der Waals surface area contributed by atoms with Gasteiger partial charge in [0.25, 0.3) is 0 Å². The van der Waals surface area contributed by atoms with Crippen LogP contribution in [-0.2, 0) is 0 Å². The highest BCUT2D eigenvalue weighted by Crippen LogP contribution is 2.29. The van der Waals surface area contributed by atoms with Crippen molar-refractivity contribution in [3.63, 3.8) is 0 Å². The molecule has 0 saturated heterocycles. The topological polar surface area (TPSA) is 12.0 Å². The molecule has 1 atom stereocenters. The summed E-state index contributed by atoms with van der Waals surface area (Å²) in [4.78, 5) is 0. The fourth-order valence-corrected chi connectivity index (χ4v) is 2.40. The summed E-state index contributed by atoms with van der Waals surface area (Å²) in [5, 5.41) is 3.49. The van der Waals surface area contributed by atoms with Crippen LogP contribution in [0.5, 0.6) is 0 Å². The van der Waals surface area contributed by atoms with Gasteiger partial charge in [0.2, 0.25) is 0 Å². The van der Waals surface area contributed by atoms with Crippen LogP contribution in [0, 0.1) is 18.6 Å². The highest BCUT2D eigenvalue weighted by atomic mass is 35.5. The first-order chi connectivity index (χ1) is 9.01. The lowest BCUT2D eigenvalue weighted by atomic mass is 9.97. The molecule has 0 aliphatic carbocycles. The van der Waals surface area contributed by atoms with E-state index in [1.54, 1.807) is 7.05 Å². The Balaban J connectivity index is 2.52. The van der Waals surface area contributed by atoms with Gasteiger partial charge in [0, 0.05) is 5.02 Å². The summed E-state index contributed by atoms with van der Waals surface area (Å²) in [5.74, 6) is -0.685. The number of rotatable bonds is 3. The Morgan fingerprint density at radius 3 is 2.42 bits per heavy atom. The number of benzene rings is 2. The lowest BCUT2D eigenvalue weighted by Gasteiger charge is -2.19. The molecule has 0 amide bonds. The average molecular weight is 282 g/mol. The van der Waals surface area contributed by atoms with Gasteiger partial charge in [-0.3, -0.25) is 0 Å². The first kappa shape index (κ1) is 14.0. The van der Waals surface area contributed by atoms with E-state index < -0.39 is 0 Å². The summed E-state index contributed by atoms with van der Waals surface area (Å²) in [6.07, 6.45) is 0. The van der Waals surface area contributed by atoms with E-state index in [1.807, 2.05) is 13.0 Å². The van der Waals surface area contributed by atoms with Crippen LogP contribution in [0.1, 0.15) is 22.7 Å². The minimum atomic E-state index is -0.368. The van der Waals surface area contributed by atoms with E-state index in [2.05, 4.69) is 5.32 Å². The zero-order chi connectivity index (χ0) is 14.0. The molecule has 1 unspecified atom stereocenters. The Labute approximate surface area is 116 Å². The molecule has 0 aliphatic heterocycles. The third-order valence-corrected chi connectivity index (χ3v) is 3.30.